The van der Waals surface area contributed by atoms with Crippen molar-refractivity contribution in [1.29, 1.82) is 0 Å². The average molecular weight is 479 g/mol. The van der Waals surface area contributed by atoms with E-state index in [1.54, 1.807) is 28.4 Å². The molecule has 4 rings (SSSR count). The molecule has 6 heteroatoms. The van der Waals surface area contributed by atoms with E-state index in [0.29, 0.717) is 0 Å². The van der Waals surface area contributed by atoms with Gasteiger partial charge >= 0.3 is 0 Å². The highest BCUT2D eigenvalue weighted by molar-refractivity contribution is 5.47. The molecule has 35 heavy (non-hydrogen) atoms. The fourth-order valence-electron chi connectivity index (χ4n) is 4.98. The Bertz CT molecular complexity index is 916. The molecule has 1 fully saturated rings. The van der Waals surface area contributed by atoms with Gasteiger partial charge in [-0.1, -0.05) is 91.0 Å². The van der Waals surface area contributed by atoms with Gasteiger partial charge in [-0.3, -0.25) is 0 Å². The molecule has 0 aromatic heterocycles. The predicted molar refractivity (Wildman–Crippen MR) is 133 cm³/mol. The average Bonchev–Trinajstić information content (AvgIpc) is 2.94. The van der Waals surface area contributed by atoms with E-state index in [2.05, 4.69) is 36.4 Å². The third-order valence-corrected chi connectivity index (χ3v) is 6.65. The standard InChI is InChI=1S/C29H34O6/c1-30-25-24(35-28(33-4)27(32-3)26(25)31-2)20-34-29(21-14-8-5-9-15-21,22-16-10-6-11-17-22)23-18-12-7-13-19-23/h5-19,24-28H,20H2,1-4H3/t24-,25-,26+,27-,28+/m1/s1. The molecule has 0 unspecified atom stereocenters. The summed E-state index contributed by atoms with van der Waals surface area (Å²) in [4.78, 5) is 0. The van der Waals surface area contributed by atoms with Crippen molar-refractivity contribution >= 4 is 0 Å². The van der Waals surface area contributed by atoms with Crippen LogP contribution in [0.3, 0.4) is 0 Å². The Kier molecular flexibility index (Phi) is 8.68. The minimum atomic E-state index is -0.866. The Hall–Kier alpha value is -2.58. The van der Waals surface area contributed by atoms with Crippen molar-refractivity contribution in [3.8, 4) is 0 Å². The molecule has 6 nitrogen and oxygen atoms in total. The quantitative estimate of drug-likeness (QED) is 0.403. The van der Waals surface area contributed by atoms with Crippen LogP contribution in [0.2, 0.25) is 0 Å². The van der Waals surface area contributed by atoms with Crippen molar-refractivity contribution in [2.24, 2.45) is 0 Å². The van der Waals surface area contributed by atoms with E-state index >= 15 is 0 Å². The fourth-order valence-corrected chi connectivity index (χ4v) is 4.98. The Balaban J connectivity index is 1.77. The Labute approximate surface area is 207 Å². The van der Waals surface area contributed by atoms with Crippen LogP contribution in [-0.2, 0) is 34.0 Å². The van der Waals surface area contributed by atoms with Gasteiger partial charge in [-0.15, -0.1) is 0 Å². The van der Waals surface area contributed by atoms with Crippen LogP contribution in [0.1, 0.15) is 16.7 Å². The van der Waals surface area contributed by atoms with E-state index in [-0.39, 0.29) is 6.61 Å². The van der Waals surface area contributed by atoms with Crippen LogP contribution in [0.25, 0.3) is 0 Å². The summed E-state index contributed by atoms with van der Waals surface area (Å²) in [5.41, 5.74) is 2.19. The third-order valence-electron chi connectivity index (χ3n) is 6.65. The smallest absolute Gasteiger partial charge is 0.186 e. The molecule has 1 saturated heterocycles. The maximum Gasteiger partial charge on any atom is 0.186 e. The van der Waals surface area contributed by atoms with Gasteiger partial charge in [-0.2, -0.15) is 0 Å². The summed E-state index contributed by atoms with van der Waals surface area (Å²) in [7, 11) is 6.49. The van der Waals surface area contributed by atoms with Gasteiger partial charge < -0.3 is 28.4 Å². The zero-order valence-corrected chi connectivity index (χ0v) is 20.7. The number of ether oxygens (including phenoxy) is 6. The molecule has 0 bridgehead atoms. The highest BCUT2D eigenvalue weighted by atomic mass is 16.7. The Morgan fingerprint density at radius 3 is 1.37 bits per heavy atom. The summed E-state index contributed by atoms with van der Waals surface area (Å²) < 4.78 is 36.1. The molecule has 1 aliphatic heterocycles. The number of rotatable bonds is 10. The second kappa shape index (κ2) is 11.9. The van der Waals surface area contributed by atoms with Gasteiger partial charge in [0.2, 0.25) is 0 Å². The monoisotopic (exact) mass is 478 g/mol. The summed E-state index contributed by atoms with van der Waals surface area (Å²) in [5, 5.41) is 0. The van der Waals surface area contributed by atoms with E-state index in [1.807, 2.05) is 54.6 Å². The van der Waals surface area contributed by atoms with Crippen LogP contribution in [0, 0.1) is 0 Å². The predicted octanol–water partition coefficient (Wildman–Crippen LogP) is 4.41. The minimum absolute atomic E-state index is 0.230. The van der Waals surface area contributed by atoms with Gasteiger partial charge in [-0.05, 0) is 16.7 Å². The SMILES string of the molecule is CO[C@H]1O[C@H](COC(c2ccccc2)(c2ccccc2)c2ccccc2)[C@@H](OC)[C@H](OC)[C@H]1OC. The molecule has 0 aliphatic carbocycles. The summed E-state index contributed by atoms with van der Waals surface area (Å²) >= 11 is 0. The van der Waals surface area contributed by atoms with Crippen LogP contribution in [-0.4, -0.2) is 65.8 Å². The molecule has 1 aliphatic rings. The minimum Gasteiger partial charge on any atom is -0.376 e. The lowest BCUT2D eigenvalue weighted by Gasteiger charge is -2.45. The van der Waals surface area contributed by atoms with Crippen molar-refractivity contribution in [3.63, 3.8) is 0 Å². The van der Waals surface area contributed by atoms with E-state index in [9.17, 15) is 0 Å². The van der Waals surface area contributed by atoms with Gasteiger partial charge in [0, 0.05) is 28.4 Å². The highest BCUT2D eigenvalue weighted by Crippen LogP contribution is 2.41. The first-order valence-electron chi connectivity index (χ1n) is 11.8. The molecule has 3 aromatic rings. The molecule has 186 valence electrons. The molecule has 0 amide bonds. The zero-order chi connectivity index (χ0) is 24.7. The highest BCUT2D eigenvalue weighted by Gasteiger charge is 2.48. The van der Waals surface area contributed by atoms with Gasteiger partial charge in [0.05, 0.1) is 6.61 Å². The first-order chi connectivity index (χ1) is 17.2. The number of hydrogen-bond donors (Lipinski definition) is 0. The molecule has 3 aromatic carbocycles. The van der Waals surface area contributed by atoms with Gasteiger partial charge in [0.1, 0.15) is 30.0 Å². The summed E-state index contributed by atoms with van der Waals surface area (Å²) in [6.45, 7) is 0.230. The fraction of sp³-hybridized carbons (Fsp3) is 0.379. The molecule has 0 saturated carbocycles. The number of methoxy groups -OCH3 is 4. The zero-order valence-electron chi connectivity index (χ0n) is 20.7. The molecule has 0 radical (unpaired) electrons. The molecule has 1 heterocycles. The van der Waals surface area contributed by atoms with Gasteiger partial charge in [0.15, 0.2) is 6.29 Å². The largest absolute Gasteiger partial charge is 0.376 e. The maximum absolute atomic E-state index is 6.96. The molecular weight excluding hydrogens is 444 g/mol. The Morgan fingerprint density at radius 1 is 0.571 bits per heavy atom. The van der Waals surface area contributed by atoms with E-state index in [1.165, 1.54) is 0 Å². The van der Waals surface area contributed by atoms with Crippen molar-refractivity contribution in [1.82, 2.24) is 0 Å². The lowest BCUT2D eigenvalue weighted by molar-refractivity contribution is -0.310. The molecular formula is C29H34O6. The lowest BCUT2D eigenvalue weighted by Crippen LogP contribution is -2.61. The van der Waals surface area contributed by atoms with Crippen LogP contribution in [0.5, 0.6) is 0 Å². The maximum atomic E-state index is 6.96. The van der Waals surface area contributed by atoms with Crippen molar-refractivity contribution in [2.75, 3.05) is 35.0 Å². The first-order valence-corrected chi connectivity index (χ1v) is 11.8. The van der Waals surface area contributed by atoms with Crippen LogP contribution >= 0.6 is 0 Å². The second-order valence-electron chi connectivity index (χ2n) is 8.47. The lowest BCUT2D eigenvalue weighted by atomic mass is 9.80. The molecule has 0 spiro atoms. The topological polar surface area (TPSA) is 55.4 Å². The third kappa shape index (κ3) is 5.05. The number of benzene rings is 3. The van der Waals surface area contributed by atoms with Crippen molar-refractivity contribution in [2.45, 2.75) is 36.3 Å². The molecule has 5 atom stereocenters. The van der Waals surface area contributed by atoms with Crippen molar-refractivity contribution in [3.05, 3.63) is 108 Å². The summed E-state index contributed by atoms with van der Waals surface area (Å²) in [5.74, 6) is 0. The number of hydrogen-bond acceptors (Lipinski definition) is 6. The normalized spacial score (nSPS) is 24.9. The molecule has 0 N–H and O–H groups in total. The van der Waals surface area contributed by atoms with Crippen LogP contribution < -0.4 is 0 Å². The van der Waals surface area contributed by atoms with Crippen LogP contribution in [0.15, 0.2) is 91.0 Å². The van der Waals surface area contributed by atoms with Gasteiger partial charge in [0.25, 0.3) is 0 Å². The van der Waals surface area contributed by atoms with Crippen LogP contribution in [0.4, 0.5) is 0 Å². The van der Waals surface area contributed by atoms with E-state index in [0.717, 1.165) is 16.7 Å². The second-order valence-corrected chi connectivity index (χ2v) is 8.47. The summed E-state index contributed by atoms with van der Waals surface area (Å²) in [6, 6.07) is 30.7. The Morgan fingerprint density at radius 2 is 1.00 bits per heavy atom. The van der Waals surface area contributed by atoms with E-state index < -0.39 is 36.3 Å². The first kappa shape index (κ1) is 25.5. The van der Waals surface area contributed by atoms with E-state index in [4.69, 9.17) is 28.4 Å². The van der Waals surface area contributed by atoms with Gasteiger partial charge in [-0.25, -0.2) is 0 Å². The van der Waals surface area contributed by atoms with Crippen molar-refractivity contribution < 1.29 is 28.4 Å². The summed E-state index contributed by atoms with van der Waals surface area (Å²) in [6.07, 6.45) is -2.33.